The molecular weight excluding hydrogens is 448 g/mol. The van der Waals surface area contributed by atoms with E-state index in [1.54, 1.807) is 6.07 Å². The fourth-order valence-electron chi connectivity index (χ4n) is 2.15. The second kappa shape index (κ2) is 6.15. The average Bonchev–Trinajstić information content (AvgIpc) is 2.30. The van der Waals surface area contributed by atoms with E-state index in [4.69, 9.17) is 5.73 Å². The summed E-state index contributed by atoms with van der Waals surface area (Å²) in [5, 5.41) is 0. The molecule has 0 unspecified atom stereocenters. The predicted octanol–water partition coefficient (Wildman–Crippen LogP) is 1.65. The number of rotatable bonds is 3. The number of anilines is 1. The number of sulfone groups is 1. The van der Waals surface area contributed by atoms with Crippen LogP contribution in [0.3, 0.4) is 0 Å². The highest BCUT2D eigenvalue weighted by molar-refractivity contribution is 9.11. The molecule has 0 aliphatic carbocycles. The maximum Gasteiger partial charge on any atom is 0.243 e. The van der Waals surface area contributed by atoms with Gasteiger partial charge in [0.25, 0.3) is 0 Å². The van der Waals surface area contributed by atoms with Crippen molar-refractivity contribution in [2.24, 2.45) is 0 Å². The molecule has 6 nitrogen and oxygen atoms in total. The SMILES string of the molecule is Nc1cc(Br)cc(Br)c1S(=O)(=O)NC1CCS(=O)(=O)CC1. The van der Waals surface area contributed by atoms with E-state index < -0.39 is 25.9 Å². The maximum absolute atomic E-state index is 12.4. The zero-order valence-electron chi connectivity index (χ0n) is 10.8. The van der Waals surface area contributed by atoms with E-state index in [2.05, 4.69) is 36.6 Å². The highest BCUT2D eigenvalue weighted by Crippen LogP contribution is 2.32. The second-order valence-electron chi connectivity index (χ2n) is 4.85. The third kappa shape index (κ3) is 4.19. The molecule has 0 spiro atoms. The van der Waals surface area contributed by atoms with Crippen molar-refractivity contribution in [1.82, 2.24) is 4.72 Å². The lowest BCUT2D eigenvalue weighted by molar-refractivity contribution is 0.505. The molecule has 0 amide bonds. The van der Waals surface area contributed by atoms with Crippen molar-refractivity contribution in [3.63, 3.8) is 0 Å². The van der Waals surface area contributed by atoms with Crippen molar-refractivity contribution >= 4 is 57.4 Å². The van der Waals surface area contributed by atoms with Crippen LogP contribution in [0.2, 0.25) is 0 Å². The highest BCUT2D eigenvalue weighted by Gasteiger charge is 2.29. The van der Waals surface area contributed by atoms with Crippen LogP contribution >= 0.6 is 31.9 Å². The van der Waals surface area contributed by atoms with Gasteiger partial charge in [-0.25, -0.2) is 21.6 Å². The topological polar surface area (TPSA) is 106 Å². The van der Waals surface area contributed by atoms with E-state index in [1.807, 2.05) is 0 Å². The predicted molar refractivity (Wildman–Crippen MR) is 88.3 cm³/mol. The van der Waals surface area contributed by atoms with Crippen LogP contribution in [-0.2, 0) is 19.9 Å². The molecule has 1 aliphatic rings. The molecule has 21 heavy (non-hydrogen) atoms. The first-order valence-corrected chi connectivity index (χ1v) is 11.0. The first kappa shape index (κ1) is 17.2. The second-order valence-corrected chi connectivity index (χ2v) is 10.6. The van der Waals surface area contributed by atoms with Gasteiger partial charge in [-0.15, -0.1) is 0 Å². The summed E-state index contributed by atoms with van der Waals surface area (Å²) >= 11 is 6.42. The van der Waals surface area contributed by atoms with E-state index in [0.29, 0.717) is 8.95 Å². The molecule has 3 N–H and O–H groups in total. The molecule has 1 aliphatic heterocycles. The third-order valence-corrected chi connectivity index (χ3v) is 7.88. The molecule has 0 aromatic heterocycles. The first-order valence-electron chi connectivity index (χ1n) is 6.08. The molecule has 1 fully saturated rings. The Morgan fingerprint density at radius 3 is 2.29 bits per heavy atom. The van der Waals surface area contributed by atoms with Gasteiger partial charge in [0.05, 0.1) is 17.2 Å². The fourth-order valence-corrected chi connectivity index (χ4v) is 7.02. The normalized spacial score (nSPS) is 19.5. The zero-order chi connectivity index (χ0) is 15.8. The zero-order valence-corrected chi connectivity index (χ0v) is 15.6. The molecule has 0 radical (unpaired) electrons. The van der Waals surface area contributed by atoms with Gasteiger partial charge in [-0.05, 0) is 40.9 Å². The van der Waals surface area contributed by atoms with E-state index in [1.165, 1.54) is 6.07 Å². The van der Waals surface area contributed by atoms with Gasteiger partial charge in [-0.3, -0.25) is 0 Å². The number of sulfonamides is 1. The van der Waals surface area contributed by atoms with E-state index >= 15 is 0 Å². The van der Waals surface area contributed by atoms with Gasteiger partial charge in [0.1, 0.15) is 14.7 Å². The Bertz CT molecular complexity index is 725. The summed E-state index contributed by atoms with van der Waals surface area (Å²) < 4.78 is 51.1. The van der Waals surface area contributed by atoms with Gasteiger partial charge in [-0.2, -0.15) is 0 Å². The smallest absolute Gasteiger partial charge is 0.243 e. The standard InChI is InChI=1S/C11H14Br2N2O4S2/c12-7-5-9(13)11(10(14)6-7)21(18,19)15-8-1-3-20(16,17)4-2-8/h5-6,8,15H,1-4,14H2. The molecule has 1 aromatic rings. The van der Waals surface area contributed by atoms with Crippen molar-refractivity contribution in [1.29, 1.82) is 0 Å². The van der Waals surface area contributed by atoms with Crippen molar-refractivity contribution in [2.75, 3.05) is 17.2 Å². The van der Waals surface area contributed by atoms with E-state index in [9.17, 15) is 16.8 Å². The van der Waals surface area contributed by atoms with Gasteiger partial charge in [0, 0.05) is 15.0 Å². The summed E-state index contributed by atoms with van der Waals surface area (Å²) in [6, 6.07) is 2.70. The number of halogens is 2. The number of benzene rings is 1. The molecule has 1 aromatic carbocycles. The molecule has 1 saturated heterocycles. The van der Waals surface area contributed by atoms with Crippen LogP contribution in [0.15, 0.2) is 26.0 Å². The van der Waals surface area contributed by atoms with Gasteiger partial charge in [-0.1, -0.05) is 15.9 Å². The van der Waals surface area contributed by atoms with Crippen LogP contribution in [0.4, 0.5) is 5.69 Å². The molecule has 0 atom stereocenters. The van der Waals surface area contributed by atoms with Crippen molar-refractivity contribution in [2.45, 2.75) is 23.8 Å². The Morgan fingerprint density at radius 1 is 1.19 bits per heavy atom. The number of nitrogens with two attached hydrogens (primary N) is 1. The highest BCUT2D eigenvalue weighted by atomic mass is 79.9. The number of nitrogen functional groups attached to an aromatic ring is 1. The van der Waals surface area contributed by atoms with Crippen LogP contribution in [0.5, 0.6) is 0 Å². The third-order valence-electron chi connectivity index (χ3n) is 3.18. The van der Waals surface area contributed by atoms with Crippen molar-refractivity contribution in [3.8, 4) is 0 Å². The summed E-state index contributed by atoms with van der Waals surface area (Å²) in [5.74, 6) is -0.00560. The van der Waals surface area contributed by atoms with Crippen LogP contribution in [-0.4, -0.2) is 34.4 Å². The summed E-state index contributed by atoms with van der Waals surface area (Å²) in [5.41, 5.74) is 5.90. The Kier molecular flexibility index (Phi) is 5.04. The molecule has 118 valence electrons. The largest absolute Gasteiger partial charge is 0.398 e. The lowest BCUT2D eigenvalue weighted by atomic mass is 10.2. The number of nitrogens with one attached hydrogen (secondary N) is 1. The van der Waals surface area contributed by atoms with Gasteiger partial charge < -0.3 is 5.73 Å². The minimum Gasteiger partial charge on any atom is -0.398 e. The summed E-state index contributed by atoms with van der Waals surface area (Å²) in [6.07, 6.45) is 0.547. The summed E-state index contributed by atoms with van der Waals surface area (Å²) in [4.78, 5) is -0.0286. The van der Waals surface area contributed by atoms with Crippen LogP contribution in [0, 0.1) is 0 Å². The van der Waals surface area contributed by atoms with Gasteiger partial charge in [0.2, 0.25) is 10.0 Å². The van der Waals surface area contributed by atoms with Gasteiger partial charge in [0.15, 0.2) is 0 Å². The van der Waals surface area contributed by atoms with E-state index in [-0.39, 0.29) is 34.9 Å². The molecule has 10 heteroatoms. The fraction of sp³-hybridized carbons (Fsp3) is 0.455. The lowest BCUT2D eigenvalue weighted by Crippen LogP contribution is -2.41. The van der Waals surface area contributed by atoms with Gasteiger partial charge >= 0.3 is 0 Å². The maximum atomic E-state index is 12.4. The average molecular weight is 462 g/mol. The molecule has 0 saturated carbocycles. The summed E-state index contributed by atoms with van der Waals surface area (Å²) in [6.45, 7) is 0. The Balaban J connectivity index is 2.24. The number of hydrogen-bond donors (Lipinski definition) is 2. The monoisotopic (exact) mass is 460 g/mol. The van der Waals surface area contributed by atoms with Crippen LogP contribution < -0.4 is 10.5 Å². The molecule has 0 bridgehead atoms. The molecule has 1 heterocycles. The first-order chi connectivity index (χ1) is 9.61. The molecular formula is C11H14Br2N2O4S2. The summed E-state index contributed by atoms with van der Waals surface area (Å²) in [7, 11) is -6.85. The lowest BCUT2D eigenvalue weighted by Gasteiger charge is -2.23. The quantitative estimate of drug-likeness (QED) is 0.665. The van der Waals surface area contributed by atoms with Crippen molar-refractivity contribution < 1.29 is 16.8 Å². The Morgan fingerprint density at radius 2 is 1.76 bits per heavy atom. The van der Waals surface area contributed by atoms with Crippen LogP contribution in [0.1, 0.15) is 12.8 Å². The van der Waals surface area contributed by atoms with Crippen LogP contribution in [0.25, 0.3) is 0 Å². The molecule has 2 rings (SSSR count). The van der Waals surface area contributed by atoms with E-state index in [0.717, 1.165) is 0 Å². The Labute approximate surface area is 140 Å². The van der Waals surface area contributed by atoms with Crippen molar-refractivity contribution in [3.05, 3.63) is 21.1 Å². The number of hydrogen-bond acceptors (Lipinski definition) is 5. The minimum absolute atomic E-state index is 0.00280. The Hall–Kier alpha value is -0.160. The minimum atomic E-state index is -3.81.